The second-order valence-electron chi connectivity index (χ2n) is 2.47. The van der Waals surface area contributed by atoms with Crippen molar-refractivity contribution >= 4 is 12.2 Å². The number of nitrogens with two attached hydrogens (primary N) is 1. The third-order valence-electron chi connectivity index (χ3n) is 1.66. The molecule has 1 rings (SSSR count). The quantitative estimate of drug-likeness (QED) is 0.432. The number of rotatable bonds is 4. The van der Waals surface area contributed by atoms with Crippen LogP contribution in [0.5, 0.6) is 5.75 Å². The van der Waals surface area contributed by atoms with E-state index in [9.17, 15) is 14.9 Å². The van der Waals surface area contributed by atoms with Gasteiger partial charge < -0.3 is 10.5 Å². The van der Waals surface area contributed by atoms with E-state index in [0.29, 0.717) is 5.56 Å². The average molecular weight is 196 g/mol. The van der Waals surface area contributed by atoms with E-state index in [1.807, 2.05) is 0 Å². The Morgan fingerprint density at radius 2 is 2.29 bits per heavy atom. The molecule has 74 valence electrons. The van der Waals surface area contributed by atoms with Gasteiger partial charge in [-0.25, -0.2) is 0 Å². The summed E-state index contributed by atoms with van der Waals surface area (Å²) in [7, 11) is 0. The van der Waals surface area contributed by atoms with Crippen LogP contribution in [0.25, 0.3) is 0 Å². The highest BCUT2D eigenvalue weighted by Crippen LogP contribution is 2.23. The van der Waals surface area contributed by atoms with E-state index in [0.717, 1.165) is 6.07 Å². The lowest BCUT2D eigenvalue weighted by atomic mass is 10.2. The monoisotopic (exact) mass is 196 g/mol. The number of hydrogen-bond donors (Lipinski definition) is 1. The maximum atomic E-state index is 10.5. The normalized spacial score (nSPS) is 9.50. The van der Waals surface area contributed by atoms with Crippen LogP contribution in [0.4, 0.5) is 5.69 Å². The van der Waals surface area contributed by atoms with Crippen LogP contribution in [0, 0.1) is 10.1 Å². The van der Waals surface area contributed by atoms with Crippen molar-refractivity contribution < 1.29 is 14.5 Å². The molecule has 0 saturated carbocycles. The van der Waals surface area contributed by atoms with Crippen molar-refractivity contribution in [3.05, 3.63) is 33.9 Å². The highest BCUT2D eigenvalue weighted by Gasteiger charge is 2.13. The van der Waals surface area contributed by atoms with E-state index in [4.69, 9.17) is 5.73 Å². The number of benzene rings is 1. The molecule has 1 aromatic carbocycles. The van der Waals surface area contributed by atoms with E-state index >= 15 is 0 Å². The van der Waals surface area contributed by atoms with E-state index in [1.165, 1.54) is 12.1 Å². The summed E-state index contributed by atoms with van der Waals surface area (Å²) in [6.07, 6.45) is 0. The smallest absolute Gasteiger partial charge is 0.298 e. The molecule has 14 heavy (non-hydrogen) atoms. The molecule has 6 heteroatoms. The Morgan fingerprint density at radius 3 is 2.79 bits per heavy atom. The zero-order chi connectivity index (χ0) is 10.6. The van der Waals surface area contributed by atoms with Gasteiger partial charge in [0.2, 0.25) is 0 Å². The first-order chi connectivity index (χ1) is 6.69. The molecule has 0 atom stereocenters. The number of nitrogens with zero attached hydrogens (tertiary/aromatic N) is 1. The Labute approximate surface area is 79.4 Å². The highest BCUT2D eigenvalue weighted by molar-refractivity contribution is 5.51. The predicted octanol–water partition coefficient (Wildman–Crippen LogP) is 0.589. The molecule has 2 N–H and O–H groups in total. The summed E-state index contributed by atoms with van der Waals surface area (Å²) in [4.78, 5) is 20.0. The highest BCUT2D eigenvalue weighted by atomic mass is 16.6. The van der Waals surface area contributed by atoms with Crippen molar-refractivity contribution in [2.45, 2.75) is 6.54 Å². The van der Waals surface area contributed by atoms with E-state index in [2.05, 4.69) is 4.74 Å². The number of carbonyl (C=O) groups excluding carboxylic acids is 1. The molecule has 0 fully saturated rings. The van der Waals surface area contributed by atoms with E-state index in [-0.39, 0.29) is 24.5 Å². The van der Waals surface area contributed by atoms with Crippen molar-refractivity contribution in [1.82, 2.24) is 0 Å². The lowest BCUT2D eigenvalue weighted by molar-refractivity contribution is -0.385. The van der Waals surface area contributed by atoms with Crippen LogP contribution in [0.15, 0.2) is 18.2 Å². The fraction of sp³-hybridized carbons (Fsp3) is 0.125. The first-order valence-corrected chi connectivity index (χ1v) is 3.76. The fourth-order valence-corrected chi connectivity index (χ4v) is 1.02. The Kier molecular flexibility index (Phi) is 3.14. The fourth-order valence-electron chi connectivity index (χ4n) is 1.02. The topological polar surface area (TPSA) is 95.5 Å². The number of nitro groups is 1. The first-order valence-electron chi connectivity index (χ1n) is 3.76. The number of ether oxygens (including phenoxy) is 1. The minimum Gasteiger partial charge on any atom is -0.428 e. The largest absolute Gasteiger partial charge is 0.428 e. The minimum atomic E-state index is -0.570. The van der Waals surface area contributed by atoms with Crippen LogP contribution < -0.4 is 10.5 Å². The van der Waals surface area contributed by atoms with Gasteiger partial charge in [0, 0.05) is 12.1 Å². The molecule has 1 aromatic rings. The van der Waals surface area contributed by atoms with Gasteiger partial charge in [0.05, 0.1) is 11.0 Å². The van der Waals surface area contributed by atoms with Crippen LogP contribution in [-0.2, 0) is 11.3 Å². The van der Waals surface area contributed by atoms with Gasteiger partial charge in [-0.1, -0.05) is 0 Å². The van der Waals surface area contributed by atoms with Crippen molar-refractivity contribution in [1.29, 1.82) is 0 Å². The third-order valence-corrected chi connectivity index (χ3v) is 1.66. The molecule has 0 amide bonds. The average Bonchev–Trinajstić information content (AvgIpc) is 2.18. The van der Waals surface area contributed by atoms with Crippen LogP contribution in [-0.4, -0.2) is 11.4 Å². The molecule has 0 spiro atoms. The molecule has 0 saturated heterocycles. The maximum absolute atomic E-state index is 10.5. The third kappa shape index (κ3) is 2.05. The summed E-state index contributed by atoms with van der Waals surface area (Å²) in [5.41, 5.74) is 5.55. The van der Waals surface area contributed by atoms with Crippen molar-refractivity contribution in [3.8, 4) is 5.75 Å². The number of nitro benzene ring substituents is 1. The van der Waals surface area contributed by atoms with Crippen LogP contribution >= 0.6 is 0 Å². The summed E-state index contributed by atoms with van der Waals surface area (Å²) in [6, 6.07) is 4.07. The van der Waals surface area contributed by atoms with Crippen molar-refractivity contribution in [2.75, 3.05) is 0 Å². The zero-order valence-corrected chi connectivity index (χ0v) is 7.17. The summed E-state index contributed by atoms with van der Waals surface area (Å²) in [5, 5.41) is 10.5. The Balaban J connectivity index is 3.13. The Morgan fingerprint density at radius 1 is 1.57 bits per heavy atom. The van der Waals surface area contributed by atoms with Crippen LogP contribution in [0.1, 0.15) is 5.56 Å². The van der Waals surface area contributed by atoms with Crippen molar-refractivity contribution in [3.63, 3.8) is 0 Å². The van der Waals surface area contributed by atoms with Crippen LogP contribution in [0.2, 0.25) is 0 Å². The standard InChI is InChI=1S/C8H8N2O4/c9-4-6-1-2-7(14-5-11)3-8(6)10(12)13/h1-3,5H,4,9H2. The van der Waals surface area contributed by atoms with Gasteiger partial charge >= 0.3 is 0 Å². The van der Waals surface area contributed by atoms with Gasteiger partial charge in [-0.05, 0) is 12.1 Å². The minimum absolute atomic E-state index is 0.0671. The molecule has 0 radical (unpaired) electrons. The first kappa shape index (κ1) is 10.1. The molecular weight excluding hydrogens is 188 g/mol. The SMILES string of the molecule is NCc1ccc(OC=O)cc1[N+](=O)[O-]. The molecule has 0 heterocycles. The summed E-state index contributed by atoms with van der Waals surface area (Å²) < 4.78 is 4.47. The Bertz CT molecular complexity index is 364. The summed E-state index contributed by atoms with van der Waals surface area (Å²) in [5.74, 6) is 0.129. The molecule has 0 unspecified atom stereocenters. The molecule has 0 aliphatic carbocycles. The summed E-state index contributed by atoms with van der Waals surface area (Å²) >= 11 is 0. The lowest BCUT2D eigenvalue weighted by Gasteiger charge is -2.01. The van der Waals surface area contributed by atoms with Gasteiger partial charge in [0.15, 0.2) is 0 Å². The summed E-state index contributed by atoms with van der Waals surface area (Å²) in [6.45, 7) is 0.277. The molecule has 0 aliphatic rings. The second kappa shape index (κ2) is 4.33. The molecule has 6 nitrogen and oxygen atoms in total. The van der Waals surface area contributed by atoms with Gasteiger partial charge in [0.25, 0.3) is 12.2 Å². The molecule has 0 aliphatic heterocycles. The van der Waals surface area contributed by atoms with Crippen LogP contribution in [0.3, 0.4) is 0 Å². The molecular formula is C8H8N2O4. The van der Waals surface area contributed by atoms with Gasteiger partial charge in [-0.3, -0.25) is 14.9 Å². The Hall–Kier alpha value is -1.95. The van der Waals surface area contributed by atoms with Gasteiger partial charge in [-0.15, -0.1) is 0 Å². The lowest BCUT2D eigenvalue weighted by Crippen LogP contribution is -2.02. The van der Waals surface area contributed by atoms with E-state index in [1.54, 1.807) is 0 Å². The zero-order valence-electron chi connectivity index (χ0n) is 7.17. The molecule has 0 aromatic heterocycles. The van der Waals surface area contributed by atoms with Crippen molar-refractivity contribution in [2.24, 2.45) is 5.73 Å². The second-order valence-corrected chi connectivity index (χ2v) is 2.47. The van der Waals surface area contributed by atoms with Gasteiger partial charge in [-0.2, -0.15) is 0 Å². The number of carbonyl (C=O) groups is 1. The molecule has 0 bridgehead atoms. The van der Waals surface area contributed by atoms with E-state index < -0.39 is 4.92 Å². The maximum Gasteiger partial charge on any atom is 0.298 e. The number of hydrogen-bond acceptors (Lipinski definition) is 5. The van der Waals surface area contributed by atoms with Gasteiger partial charge in [0.1, 0.15) is 5.75 Å². The predicted molar refractivity (Wildman–Crippen MR) is 47.7 cm³/mol.